The van der Waals surface area contributed by atoms with E-state index in [-0.39, 0.29) is 6.04 Å². The molecule has 1 atom stereocenters. The molecule has 0 radical (unpaired) electrons. The van der Waals surface area contributed by atoms with Crippen LogP contribution in [0.2, 0.25) is 0 Å². The molecule has 0 N–H and O–H groups in total. The molecule has 1 saturated heterocycles. The van der Waals surface area contributed by atoms with Gasteiger partial charge in [-0.25, -0.2) is 9.97 Å². The number of benzene rings is 1. The number of hydrogen-bond donors (Lipinski definition) is 0. The number of anilines is 1. The molecule has 0 bridgehead atoms. The van der Waals surface area contributed by atoms with E-state index in [0.29, 0.717) is 12.3 Å². The van der Waals surface area contributed by atoms with Crippen LogP contribution in [-0.4, -0.2) is 61.0 Å². The van der Waals surface area contributed by atoms with Crippen molar-refractivity contribution in [3.63, 3.8) is 0 Å². The fourth-order valence-electron chi connectivity index (χ4n) is 3.97. The average molecular weight is 404 g/mol. The summed E-state index contributed by atoms with van der Waals surface area (Å²) in [6.45, 7) is 5.65. The van der Waals surface area contributed by atoms with Gasteiger partial charge in [-0.3, -0.25) is 9.58 Å². The maximum Gasteiger partial charge on any atom is 0.243 e. The molecule has 3 aromatic heterocycles. The van der Waals surface area contributed by atoms with Crippen LogP contribution in [0.15, 0.2) is 47.4 Å². The minimum absolute atomic E-state index is 0.0768. The molecule has 5 rings (SSSR count). The summed E-state index contributed by atoms with van der Waals surface area (Å²) in [5, 5.41) is 9.48. The molecule has 1 unspecified atom stereocenters. The monoisotopic (exact) mass is 404 g/mol. The first-order chi connectivity index (χ1) is 14.7. The largest absolute Gasteiger partial charge is 0.353 e. The van der Waals surface area contributed by atoms with Crippen molar-refractivity contribution in [2.45, 2.75) is 19.4 Å². The van der Waals surface area contributed by atoms with Crippen molar-refractivity contribution in [1.82, 2.24) is 34.8 Å². The van der Waals surface area contributed by atoms with E-state index in [1.165, 1.54) is 5.56 Å². The zero-order valence-corrected chi connectivity index (χ0v) is 17.1. The van der Waals surface area contributed by atoms with Gasteiger partial charge in [0.2, 0.25) is 5.89 Å². The highest BCUT2D eigenvalue weighted by molar-refractivity contribution is 5.86. The van der Waals surface area contributed by atoms with Crippen LogP contribution in [0.4, 0.5) is 5.82 Å². The van der Waals surface area contributed by atoms with E-state index in [2.05, 4.69) is 54.1 Å². The lowest BCUT2D eigenvalue weighted by Gasteiger charge is -2.37. The second-order valence-electron chi connectivity index (χ2n) is 7.61. The molecular formula is C21H24N8O. The maximum atomic E-state index is 5.58. The van der Waals surface area contributed by atoms with E-state index in [1.54, 1.807) is 11.0 Å². The summed E-state index contributed by atoms with van der Waals surface area (Å²) in [4.78, 5) is 18.2. The summed E-state index contributed by atoms with van der Waals surface area (Å²) in [7, 11) is 1.90. The molecule has 4 heterocycles. The Labute approximate surface area is 174 Å². The SMILES string of the molecule is CC(c1nc(Cc2ccccc2)no1)N1CCN(c2ncnc3c2cnn3C)CC1. The quantitative estimate of drug-likeness (QED) is 0.500. The van der Waals surface area contributed by atoms with Crippen LogP contribution in [0.3, 0.4) is 0 Å². The van der Waals surface area contributed by atoms with Crippen molar-refractivity contribution >= 4 is 16.9 Å². The topological polar surface area (TPSA) is 89.0 Å². The number of aromatic nitrogens is 6. The minimum Gasteiger partial charge on any atom is -0.353 e. The Bertz CT molecular complexity index is 1130. The molecule has 154 valence electrons. The predicted octanol–water partition coefficient (Wildman–Crippen LogP) is 2.22. The van der Waals surface area contributed by atoms with Crippen molar-refractivity contribution in [2.75, 3.05) is 31.1 Å². The lowest BCUT2D eigenvalue weighted by atomic mass is 10.1. The summed E-state index contributed by atoms with van der Waals surface area (Å²) in [6.07, 6.45) is 4.13. The van der Waals surface area contributed by atoms with Crippen LogP contribution >= 0.6 is 0 Å². The third-order valence-corrected chi connectivity index (χ3v) is 5.72. The summed E-state index contributed by atoms with van der Waals surface area (Å²) in [5.41, 5.74) is 2.03. The molecule has 4 aromatic rings. The zero-order chi connectivity index (χ0) is 20.5. The minimum atomic E-state index is 0.0768. The highest BCUT2D eigenvalue weighted by Crippen LogP contribution is 2.26. The molecule has 0 saturated carbocycles. The Morgan fingerprint density at radius 3 is 2.67 bits per heavy atom. The summed E-state index contributed by atoms with van der Waals surface area (Å²) < 4.78 is 7.35. The van der Waals surface area contributed by atoms with Gasteiger partial charge >= 0.3 is 0 Å². The Hall–Kier alpha value is -3.33. The molecular weight excluding hydrogens is 380 g/mol. The van der Waals surface area contributed by atoms with Crippen molar-refractivity contribution in [2.24, 2.45) is 7.05 Å². The van der Waals surface area contributed by atoms with Crippen LogP contribution in [0.1, 0.15) is 30.2 Å². The van der Waals surface area contributed by atoms with E-state index >= 15 is 0 Å². The van der Waals surface area contributed by atoms with Gasteiger partial charge in [-0.05, 0) is 12.5 Å². The van der Waals surface area contributed by atoms with Crippen LogP contribution in [-0.2, 0) is 13.5 Å². The Morgan fingerprint density at radius 1 is 1.07 bits per heavy atom. The smallest absolute Gasteiger partial charge is 0.243 e. The second kappa shape index (κ2) is 7.83. The standard InChI is InChI=1S/C21H24N8O/c1-15(21-25-18(26-30-21)12-16-6-4-3-5-7-16)28-8-10-29(11-9-28)20-17-13-24-27(2)19(17)22-14-23-20/h3-7,13-15H,8-12H2,1-2H3. The molecule has 1 aromatic carbocycles. The zero-order valence-electron chi connectivity index (χ0n) is 17.1. The third kappa shape index (κ3) is 3.52. The van der Waals surface area contributed by atoms with Crippen molar-refractivity contribution in [3.05, 3.63) is 60.1 Å². The fourth-order valence-corrected chi connectivity index (χ4v) is 3.97. The van der Waals surface area contributed by atoms with Gasteiger partial charge in [0, 0.05) is 39.6 Å². The first-order valence-electron chi connectivity index (χ1n) is 10.2. The molecule has 0 aliphatic carbocycles. The second-order valence-corrected chi connectivity index (χ2v) is 7.61. The molecule has 0 spiro atoms. The fraction of sp³-hybridized carbons (Fsp3) is 0.381. The number of rotatable bonds is 5. The number of piperazine rings is 1. The van der Waals surface area contributed by atoms with Crippen LogP contribution in [0.5, 0.6) is 0 Å². The van der Waals surface area contributed by atoms with Crippen molar-refractivity contribution < 1.29 is 4.52 Å². The highest BCUT2D eigenvalue weighted by atomic mass is 16.5. The predicted molar refractivity (Wildman–Crippen MR) is 112 cm³/mol. The molecule has 1 aliphatic rings. The van der Waals surface area contributed by atoms with Gasteiger partial charge in [0.05, 0.1) is 17.6 Å². The highest BCUT2D eigenvalue weighted by Gasteiger charge is 2.27. The van der Waals surface area contributed by atoms with Gasteiger partial charge in [-0.1, -0.05) is 35.5 Å². The molecule has 9 nitrogen and oxygen atoms in total. The van der Waals surface area contributed by atoms with E-state index in [4.69, 9.17) is 4.52 Å². The Balaban J connectivity index is 1.24. The number of fused-ring (bicyclic) bond motifs is 1. The summed E-state index contributed by atoms with van der Waals surface area (Å²) >= 11 is 0. The molecule has 9 heteroatoms. The molecule has 1 aliphatic heterocycles. The van der Waals surface area contributed by atoms with Crippen LogP contribution in [0.25, 0.3) is 11.0 Å². The van der Waals surface area contributed by atoms with E-state index in [0.717, 1.165) is 48.9 Å². The Kier molecular flexibility index (Phi) is 4.88. The number of nitrogens with zero attached hydrogens (tertiary/aromatic N) is 8. The van der Waals surface area contributed by atoms with Crippen molar-refractivity contribution in [1.29, 1.82) is 0 Å². The normalized spacial score (nSPS) is 16.3. The van der Waals surface area contributed by atoms with Crippen LogP contribution in [0, 0.1) is 0 Å². The summed E-state index contributed by atoms with van der Waals surface area (Å²) in [6, 6.07) is 10.3. The van der Waals surface area contributed by atoms with Crippen LogP contribution < -0.4 is 4.90 Å². The van der Waals surface area contributed by atoms with Gasteiger partial charge in [0.1, 0.15) is 12.1 Å². The molecule has 0 amide bonds. The lowest BCUT2D eigenvalue weighted by Crippen LogP contribution is -2.47. The summed E-state index contributed by atoms with van der Waals surface area (Å²) in [5.74, 6) is 2.34. The first kappa shape index (κ1) is 18.7. The number of hydrogen-bond acceptors (Lipinski definition) is 8. The van der Waals surface area contributed by atoms with Gasteiger partial charge < -0.3 is 9.42 Å². The van der Waals surface area contributed by atoms with Gasteiger partial charge in [0.25, 0.3) is 0 Å². The third-order valence-electron chi connectivity index (χ3n) is 5.72. The lowest BCUT2D eigenvalue weighted by molar-refractivity contribution is 0.164. The molecule has 1 fully saturated rings. The van der Waals surface area contributed by atoms with E-state index in [1.807, 2.05) is 31.4 Å². The Morgan fingerprint density at radius 2 is 1.87 bits per heavy atom. The van der Waals surface area contributed by atoms with E-state index < -0.39 is 0 Å². The maximum absolute atomic E-state index is 5.58. The van der Waals surface area contributed by atoms with Gasteiger partial charge in [0.15, 0.2) is 11.5 Å². The average Bonchev–Trinajstić information content (AvgIpc) is 3.41. The van der Waals surface area contributed by atoms with Gasteiger partial charge in [-0.15, -0.1) is 0 Å². The van der Waals surface area contributed by atoms with Crippen molar-refractivity contribution in [3.8, 4) is 0 Å². The first-order valence-corrected chi connectivity index (χ1v) is 10.2. The van der Waals surface area contributed by atoms with Gasteiger partial charge in [-0.2, -0.15) is 10.1 Å². The number of aryl methyl sites for hydroxylation is 1. The molecule has 30 heavy (non-hydrogen) atoms. The van der Waals surface area contributed by atoms with E-state index in [9.17, 15) is 0 Å².